The van der Waals surface area contributed by atoms with E-state index in [-0.39, 0.29) is 11.7 Å². The van der Waals surface area contributed by atoms with Crippen molar-refractivity contribution in [2.75, 3.05) is 0 Å². The van der Waals surface area contributed by atoms with Crippen molar-refractivity contribution in [1.82, 2.24) is 5.32 Å². The number of hydrogen-bond donors (Lipinski definition) is 1. The Morgan fingerprint density at radius 3 is 2.68 bits per heavy atom. The van der Waals surface area contributed by atoms with Gasteiger partial charge in [-0.2, -0.15) is 0 Å². The van der Waals surface area contributed by atoms with Crippen LogP contribution in [0, 0.1) is 5.82 Å². The highest BCUT2D eigenvalue weighted by Crippen LogP contribution is 2.28. The van der Waals surface area contributed by atoms with Crippen molar-refractivity contribution in [1.29, 1.82) is 0 Å². The number of rotatable bonds is 2. The maximum atomic E-state index is 12.9. The molecule has 3 rings (SSSR count). The van der Waals surface area contributed by atoms with Crippen molar-refractivity contribution in [2.24, 2.45) is 4.99 Å². The molecule has 110 valence electrons. The molecule has 0 spiro atoms. The second-order valence-electron chi connectivity index (χ2n) is 4.51. The number of hydrogen-bond acceptors (Lipinski definition) is 3. The van der Waals surface area contributed by atoms with E-state index in [1.807, 2.05) is 0 Å². The molecule has 0 bridgehead atoms. The minimum absolute atomic E-state index is 0.227. The quantitative estimate of drug-likeness (QED) is 0.830. The molecular formula is C16H10ClFN2OS. The molecule has 0 atom stereocenters. The van der Waals surface area contributed by atoms with Gasteiger partial charge in [-0.3, -0.25) is 4.79 Å². The van der Waals surface area contributed by atoms with Gasteiger partial charge in [0.25, 0.3) is 5.91 Å². The van der Waals surface area contributed by atoms with E-state index >= 15 is 0 Å². The lowest BCUT2D eigenvalue weighted by Crippen LogP contribution is -2.19. The van der Waals surface area contributed by atoms with Crippen molar-refractivity contribution < 1.29 is 9.18 Å². The van der Waals surface area contributed by atoms with Gasteiger partial charge in [-0.1, -0.05) is 29.8 Å². The summed E-state index contributed by atoms with van der Waals surface area (Å²) in [6, 6.07) is 13.0. The second-order valence-corrected chi connectivity index (χ2v) is 5.98. The lowest BCUT2D eigenvalue weighted by Gasteiger charge is -1.96. The van der Waals surface area contributed by atoms with Gasteiger partial charge in [0.05, 0.1) is 10.6 Å². The molecule has 3 nitrogen and oxygen atoms in total. The normalized spacial score (nSPS) is 18.0. The van der Waals surface area contributed by atoms with Gasteiger partial charge in [0.15, 0.2) is 5.17 Å². The lowest BCUT2D eigenvalue weighted by atomic mass is 10.2. The lowest BCUT2D eigenvalue weighted by molar-refractivity contribution is -0.115. The number of nitrogens with zero attached hydrogens (tertiary/aromatic N) is 1. The van der Waals surface area contributed by atoms with Crippen molar-refractivity contribution in [2.45, 2.75) is 0 Å². The molecule has 1 aliphatic rings. The van der Waals surface area contributed by atoms with Gasteiger partial charge >= 0.3 is 0 Å². The molecule has 2 aromatic carbocycles. The Balaban J connectivity index is 1.82. The zero-order valence-electron chi connectivity index (χ0n) is 11.2. The molecule has 2 aromatic rings. The molecule has 22 heavy (non-hydrogen) atoms. The van der Waals surface area contributed by atoms with Crippen molar-refractivity contribution >= 4 is 46.2 Å². The van der Waals surface area contributed by atoms with Crippen LogP contribution in [0.4, 0.5) is 10.1 Å². The fourth-order valence-corrected chi connectivity index (χ4v) is 2.88. The molecule has 0 radical (unpaired) electrons. The highest BCUT2D eigenvalue weighted by atomic mass is 35.5. The second kappa shape index (κ2) is 6.34. The highest BCUT2D eigenvalue weighted by molar-refractivity contribution is 8.18. The summed E-state index contributed by atoms with van der Waals surface area (Å²) in [6.45, 7) is 0. The average Bonchev–Trinajstić information content (AvgIpc) is 2.81. The van der Waals surface area contributed by atoms with E-state index in [9.17, 15) is 9.18 Å². The number of amides is 1. The molecule has 1 amide bonds. The first-order chi connectivity index (χ1) is 10.6. The Morgan fingerprint density at radius 2 is 1.95 bits per heavy atom. The minimum Gasteiger partial charge on any atom is -0.300 e. The summed E-state index contributed by atoms with van der Waals surface area (Å²) in [5.74, 6) is -0.538. The first kappa shape index (κ1) is 14.8. The number of amidine groups is 1. The van der Waals surface area contributed by atoms with Crippen LogP contribution < -0.4 is 5.32 Å². The van der Waals surface area contributed by atoms with Crippen molar-refractivity contribution in [3.63, 3.8) is 0 Å². The first-order valence-corrected chi connectivity index (χ1v) is 7.60. The number of carbonyl (C=O) groups is 1. The molecule has 1 aliphatic heterocycles. The smallest absolute Gasteiger partial charge is 0.264 e. The summed E-state index contributed by atoms with van der Waals surface area (Å²) in [5.41, 5.74) is 1.42. The average molecular weight is 333 g/mol. The summed E-state index contributed by atoms with van der Waals surface area (Å²) < 4.78 is 12.9. The zero-order valence-corrected chi connectivity index (χ0v) is 12.8. The van der Waals surface area contributed by atoms with Crippen LogP contribution in [0.25, 0.3) is 6.08 Å². The van der Waals surface area contributed by atoms with Crippen molar-refractivity contribution in [3.05, 3.63) is 69.8 Å². The van der Waals surface area contributed by atoms with Crippen LogP contribution in [-0.2, 0) is 4.79 Å². The Bertz CT molecular complexity index is 787. The molecule has 0 unspecified atom stereocenters. The zero-order chi connectivity index (χ0) is 15.5. The third-order valence-corrected chi connectivity index (χ3v) is 4.00. The number of benzene rings is 2. The summed E-state index contributed by atoms with van der Waals surface area (Å²) in [4.78, 5) is 16.8. The standard InChI is InChI=1S/C16H10ClFN2OS/c17-11-2-1-3-13(9-11)19-16-20-15(21)14(22-16)8-10-4-6-12(18)7-5-10/h1-9H,(H,19,20,21)/b14-8+. The number of aliphatic imine (C=N–C) groups is 1. The van der Waals surface area contributed by atoms with E-state index in [1.54, 1.807) is 42.5 Å². The largest absolute Gasteiger partial charge is 0.300 e. The van der Waals surface area contributed by atoms with Gasteiger partial charge in [0.2, 0.25) is 0 Å². The summed E-state index contributed by atoms with van der Waals surface area (Å²) >= 11 is 7.13. The van der Waals surface area contributed by atoms with Gasteiger partial charge in [-0.05, 0) is 53.7 Å². The van der Waals surface area contributed by atoms with Crippen LogP contribution in [-0.4, -0.2) is 11.1 Å². The molecule has 6 heteroatoms. The van der Waals surface area contributed by atoms with Gasteiger partial charge in [-0.15, -0.1) is 0 Å². The fraction of sp³-hybridized carbons (Fsp3) is 0. The molecule has 0 saturated carbocycles. The topological polar surface area (TPSA) is 41.5 Å². The molecule has 1 N–H and O–H groups in total. The number of nitrogens with one attached hydrogen (secondary N) is 1. The minimum atomic E-state index is -0.311. The van der Waals surface area contributed by atoms with E-state index in [0.29, 0.717) is 20.8 Å². The first-order valence-electron chi connectivity index (χ1n) is 6.41. The van der Waals surface area contributed by atoms with Crippen LogP contribution in [0.15, 0.2) is 58.4 Å². The summed E-state index contributed by atoms with van der Waals surface area (Å²) in [7, 11) is 0. The maximum absolute atomic E-state index is 12.9. The molecule has 1 fully saturated rings. The molecule has 1 heterocycles. The van der Waals surface area contributed by atoms with Gasteiger partial charge in [-0.25, -0.2) is 9.38 Å². The number of thioether (sulfide) groups is 1. The Kier molecular flexibility index (Phi) is 4.27. The number of carbonyl (C=O) groups excluding carboxylic acids is 1. The maximum Gasteiger partial charge on any atom is 0.264 e. The molecular weight excluding hydrogens is 323 g/mol. The van der Waals surface area contributed by atoms with E-state index in [0.717, 1.165) is 5.56 Å². The fourth-order valence-electron chi connectivity index (χ4n) is 1.85. The van der Waals surface area contributed by atoms with E-state index in [1.165, 1.54) is 23.9 Å². The molecule has 0 aromatic heterocycles. The van der Waals surface area contributed by atoms with Crippen LogP contribution >= 0.6 is 23.4 Å². The summed E-state index contributed by atoms with van der Waals surface area (Å²) in [5, 5.41) is 3.76. The monoisotopic (exact) mass is 332 g/mol. The SMILES string of the molecule is O=C1NC(=Nc2cccc(Cl)c2)S/C1=C/c1ccc(F)cc1. The Morgan fingerprint density at radius 1 is 1.18 bits per heavy atom. The molecule has 0 aliphatic carbocycles. The third kappa shape index (κ3) is 3.55. The predicted molar refractivity (Wildman–Crippen MR) is 88.7 cm³/mol. The predicted octanol–water partition coefficient (Wildman–Crippen LogP) is 4.37. The highest BCUT2D eigenvalue weighted by Gasteiger charge is 2.23. The van der Waals surface area contributed by atoms with Crippen LogP contribution in [0.2, 0.25) is 5.02 Å². The van der Waals surface area contributed by atoms with Gasteiger partial charge < -0.3 is 5.32 Å². The van der Waals surface area contributed by atoms with Crippen LogP contribution in [0.3, 0.4) is 0 Å². The molecule has 1 saturated heterocycles. The van der Waals surface area contributed by atoms with E-state index in [2.05, 4.69) is 10.3 Å². The van der Waals surface area contributed by atoms with Gasteiger partial charge in [0, 0.05) is 5.02 Å². The number of halogens is 2. The van der Waals surface area contributed by atoms with Gasteiger partial charge in [0.1, 0.15) is 5.82 Å². The van der Waals surface area contributed by atoms with E-state index in [4.69, 9.17) is 11.6 Å². The Hall–Kier alpha value is -2.11. The van der Waals surface area contributed by atoms with Crippen molar-refractivity contribution in [3.8, 4) is 0 Å². The van der Waals surface area contributed by atoms with Crippen LogP contribution in [0.1, 0.15) is 5.56 Å². The van der Waals surface area contributed by atoms with Crippen LogP contribution in [0.5, 0.6) is 0 Å². The summed E-state index contributed by atoms with van der Waals surface area (Å²) in [6.07, 6.45) is 1.69. The Labute approximate surface area is 135 Å². The van der Waals surface area contributed by atoms with E-state index < -0.39 is 0 Å². The third-order valence-electron chi connectivity index (χ3n) is 2.86.